The number of hydrogen-bond donors (Lipinski definition) is 1. The van der Waals surface area contributed by atoms with Crippen molar-refractivity contribution in [1.82, 2.24) is 15.3 Å². The molecule has 0 amide bonds. The molecule has 1 unspecified atom stereocenters. The van der Waals surface area contributed by atoms with Gasteiger partial charge in [0.2, 0.25) is 0 Å². The van der Waals surface area contributed by atoms with E-state index in [0.717, 1.165) is 28.0 Å². The zero-order valence-electron chi connectivity index (χ0n) is 10.8. The molecule has 1 aliphatic rings. The van der Waals surface area contributed by atoms with Crippen molar-refractivity contribution in [3.63, 3.8) is 0 Å². The van der Waals surface area contributed by atoms with Crippen LogP contribution in [0.3, 0.4) is 0 Å². The van der Waals surface area contributed by atoms with Gasteiger partial charge in [-0.25, -0.2) is 9.97 Å². The van der Waals surface area contributed by atoms with E-state index in [1.165, 1.54) is 35.4 Å². The summed E-state index contributed by atoms with van der Waals surface area (Å²) in [5.74, 6) is 0.799. The van der Waals surface area contributed by atoms with Gasteiger partial charge in [0.15, 0.2) is 5.82 Å². The minimum Gasteiger partial charge on any atom is -0.310 e. The van der Waals surface area contributed by atoms with Gasteiger partial charge in [-0.15, -0.1) is 11.3 Å². The highest BCUT2D eigenvalue weighted by molar-refractivity contribution is 7.19. The largest absolute Gasteiger partial charge is 0.310 e. The van der Waals surface area contributed by atoms with Crippen LogP contribution in [-0.2, 0) is 6.42 Å². The SMILES string of the molecule is CCNC1CCCc2nc(-c3ccc(Cl)s3)ncc21. The highest BCUT2D eigenvalue weighted by Gasteiger charge is 2.21. The van der Waals surface area contributed by atoms with Crippen molar-refractivity contribution in [2.24, 2.45) is 0 Å². The first-order valence-electron chi connectivity index (χ1n) is 6.63. The van der Waals surface area contributed by atoms with E-state index in [2.05, 4.69) is 17.2 Å². The number of thiophene rings is 1. The first-order valence-corrected chi connectivity index (χ1v) is 7.82. The summed E-state index contributed by atoms with van der Waals surface area (Å²) in [6, 6.07) is 4.29. The van der Waals surface area contributed by atoms with Crippen molar-refractivity contribution in [2.45, 2.75) is 32.2 Å². The molecule has 1 aliphatic carbocycles. The van der Waals surface area contributed by atoms with Crippen molar-refractivity contribution >= 4 is 22.9 Å². The molecule has 1 atom stereocenters. The highest BCUT2D eigenvalue weighted by Crippen LogP contribution is 2.32. The van der Waals surface area contributed by atoms with Crippen molar-refractivity contribution < 1.29 is 0 Å². The van der Waals surface area contributed by atoms with Gasteiger partial charge in [0.1, 0.15) is 0 Å². The standard InChI is InChI=1S/C14H16ClN3S/c1-2-16-10-4-3-5-11-9(10)8-17-14(18-11)12-6-7-13(15)19-12/h6-8,10,16H,2-5H2,1H3. The molecule has 0 aromatic carbocycles. The Balaban J connectivity index is 1.95. The van der Waals surface area contributed by atoms with E-state index in [-0.39, 0.29) is 0 Å². The quantitative estimate of drug-likeness (QED) is 0.934. The normalized spacial score (nSPS) is 18.3. The zero-order valence-corrected chi connectivity index (χ0v) is 12.4. The first-order chi connectivity index (χ1) is 9.28. The highest BCUT2D eigenvalue weighted by atomic mass is 35.5. The number of nitrogens with one attached hydrogen (secondary N) is 1. The number of hydrogen-bond acceptors (Lipinski definition) is 4. The summed E-state index contributed by atoms with van der Waals surface area (Å²) in [4.78, 5) is 10.3. The van der Waals surface area contributed by atoms with Crippen LogP contribution in [0, 0.1) is 0 Å². The van der Waals surface area contributed by atoms with Crippen LogP contribution in [0.2, 0.25) is 4.34 Å². The van der Waals surface area contributed by atoms with Crippen LogP contribution in [0.1, 0.15) is 37.1 Å². The zero-order chi connectivity index (χ0) is 13.2. The Morgan fingerprint density at radius 2 is 2.37 bits per heavy atom. The molecule has 0 radical (unpaired) electrons. The number of halogens is 1. The summed E-state index contributed by atoms with van der Waals surface area (Å²) >= 11 is 7.50. The van der Waals surface area contributed by atoms with Crippen LogP contribution in [0.25, 0.3) is 10.7 Å². The maximum Gasteiger partial charge on any atom is 0.169 e. The molecule has 5 heteroatoms. The second-order valence-corrected chi connectivity index (χ2v) is 6.42. The monoisotopic (exact) mass is 293 g/mol. The third kappa shape index (κ3) is 2.66. The van der Waals surface area contributed by atoms with E-state index in [1.54, 1.807) is 0 Å². The van der Waals surface area contributed by atoms with E-state index in [9.17, 15) is 0 Å². The van der Waals surface area contributed by atoms with Gasteiger partial charge in [0.05, 0.1) is 9.21 Å². The second kappa shape index (κ2) is 5.57. The Morgan fingerprint density at radius 1 is 1.47 bits per heavy atom. The molecule has 3 rings (SSSR count). The number of rotatable bonds is 3. The molecule has 1 N–H and O–H groups in total. The molecule has 0 saturated heterocycles. The summed E-state index contributed by atoms with van der Waals surface area (Å²) in [5, 5.41) is 3.51. The van der Waals surface area contributed by atoms with Gasteiger partial charge in [-0.2, -0.15) is 0 Å². The molecule has 100 valence electrons. The molecule has 0 aliphatic heterocycles. The number of aryl methyl sites for hydroxylation is 1. The molecule has 0 saturated carbocycles. The molecule has 2 heterocycles. The predicted molar refractivity (Wildman–Crippen MR) is 79.7 cm³/mol. The average Bonchev–Trinajstić information content (AvgIpc) is 2.86. The van der Waals surface area contributed by atoms with Crippen molar-refractivity contribution in [3.05, 3.63) is 33.9 Å². The molecule has 0 spiro atoms. The molecule has 2 aromatic rings. The minimum atomic E-state index is 0.412. The molecule has 3 nitrogen and oxygen atoms in total. The van der Waals surface area contributed by atoms with Crippen molar-refractivity contribution in [2.75, 3.05) is 6.54 Å². The van der Waals surface area contributed by atoms with Gasteiger partial charge in [-0.1, -0.05) is 18.5 Å². The lowest BCUT2D eigenvalue weighted by atomic mass is 9.92. The van der Waals surface area contributed by atoms with E-state index >= 15 is 0 Å². The summed E-state index contributed by atoms with van der Waals surface area (Å²) in [5.41, 5.74) is 2.45. The third-order valence-electron chi connectivity index (χ3n) is 3.43. The van der Waals surface area contributed by atoms with Crippen LogP contribution in [0.5, 0.6) is 0 Å². The lowest BCUT2D eigenvalue weighted by Crippen LogP contribution is -2.25. The van der Waals surface area contributed by atoms with Gasteiger partial charge >= 0.3 is 0 Å². The Hall–Kier alpha value is -0.970. The molecule has 19 heavy (non-hydrogen) atoms. The summed E-state index contributed by atoms with van der Waals surface area (Å²) < 4.78 is 0.779. The van der Waals surface area contributed by atoms with Crippen LogP contribution in [0.4, 0.5) is 0 Å². The Labute approximate surface area is 122 Å². The minimum absolute atomic E-state index is 0.412. The van der Waals surface area contributed by atoms with E-state index in [0.29, 0.717) is 6.04 Å². The average molecular weight is 294 g/mol. The van der Waals surface area contributed by atoms with Crippen LogP contribution < -0.4 is 5.32 Å². The lowest BCUT2D eigenvalue weighted by Gasteiger charge is -2.25. The Bertz CT molecular complexity index is 582. The van der Waals surface area contributed by atoms with Crippen LogP contribution in [-0.4, -0.2) is 16.5 Å². The topological polar surface area (TPSA) is 37.8 Å². The Morgan fingerprint density at radius 3 is 3.11 bits per heavy atom. The molecule has 0 bridgehead atoms. The van der Waals surface area contributed by atoms with Gasteiger partial charge in [0, 0.05) is 23.5 Å². The fraction of sp³-hybridized carbons (Fsp3) is 0.429. The van der Waals surface area contributed by atoms with Gasteiger partial charge in [0.25, 0.3) is 0 Å². The third-order valence-corrected chi connectivity index (χ3v) is 4.65. The van der Waals surface area contributed by atoms with Crippen LogP contribution in [0.15, 0.2) is 18.3 Å². The smallest absolute Gasteiger partial charge is 0.169 e. The molecule has 0 fully saturated rings. The number of aromatic nitrogens is 2. The molecule has 2 aromatic heterocycles. The molecular weight excluding hydrogens is 278 g/mol. The maximum absolute atomic E-state index is 5.97. The lowest BCUT2D eigenvalue weighted by molar-refractivity contribution is 0.464. The van der Waals surface area contributed by atoms with Crippen LogP contribution >= 0.6 is 22.9 Å². The predicted octanol–water partition coefficient (Wildman–Crippen LogP) is 3.85. The molecular formula is C14H16ClN3S. The first kappa shape index (κ1) is 13.0. The fourth-order valence-electron chi connectivity index (χ4n) is 2.56. The van der Waals surface area contributed by atoms with E-state index in [4.69, 9.17) is 16.6 Å². The maximum atomic E-state index is 5.97. The second-order valence-electron chi connectivity index (χ2n) is 4.70. The van der Waals surface area contributed by atoms with E-state index in [1.807, 2.05) is 18.3 Å². The van der Waals surface area contributed by atoms with Gasteiger partial charge in [-0.05, 0) is 37.9 Å². The van der Waals surface area contributed by atoms with Crippen molar-refractivity contribution in [3.8, 4) is 10.7 Å². The van der Waals surface area contributed by atoms with E-state index < -0.39 is 0 Å². The van der Waals surface area contributed by atoms with Gasteiger partial charge in [-0.3, -0.25) is 0 Å². The van der Waals surface area contributed by atoms with Gasteiger partial charge < -0.3 is 5.32 Å². The van der Waals surface area contributed by atoms with Crippen molar-refractivity contribution in [1.29, 1.82) is 0 Å². The number of fused-ring (bicyclic) bond motifs is 1. The summed E-state index contributed by atoms with van der Waals surface area (Å²) in [7, 11) is 0. The summed E-state index contributed by atoms with van der Waals surface area (Å²) in [6.07, 6.45) is 5.39. The fourth-order valence-corrected chi connectivity index (χ4v) is 3.54. The summed E-state index contributed by atoms with van der Waals surface area (Å²) in [6.45, 7) is 3.11. The Kier molecular flexibility index (Phi) is 3.82. The number of nitrogens with zero attached hydrogens (tertiary/aromatic N) is 2.